The molecule has 0 aliphatic carbocycles. The zero-order valence-electron chi connectivity index (χ0n) is 10.5. The Kier molecular flexibility index (Phi) is 3.59. The Morgan fingerprint density at radius 1 is 1.11 bits per heavy atom. The summed E-state index contributed by atoms with van der Waals surface area (Å²) in [6.45, 7) is 1.72. The first-order chi connectivity index (χ1) is 8.94. The van der Waals surface area contributed by atoms with Crippen molar-refractivity contribution in [3.05, 3.63) is 65.5 Å². The van der Waals surface area contributed by atoms with Gasteiger partial charge in [0.25, 0.3) is 0 Å². The van der Waals surface area contributed by atoms with E-state index in [2.05, 4.69) is 4.98 Å². The second-order valence-corrected chi connectivity index (χ2v) is 4.53. The van der Waals surface area contributed by atoms with E-state index in [-0.39, 0.29) is 5.82 Å². The lowest BCUT2D eigenvalue weighted by molar-refractivity contribution is 0.440. The van der Waals surface area contributed by atoms with Crippen molar-refractivity contribution in [1.82, 2.24) is 4.98 Å². The fraction of sp³-hybridized carbons (Fsp3) is 0.214. The maximum absolute atomic E-state index is 13.3. The Labute approximate surface area is 110 Å². The standard InChI is InChI=1S/C14H15F2N3/c1-9(17)14(18,10-2-4-12(15)5-3-10)11-6-7-19-13(16)8-11/h2-9H,17-18H2,1H3/t9-,14+/m0/s1. The van der Waals surface area contributed by atoms with Gasteiger partial charge in [0.15, 0.2) is 0 Å². The molecule has 2 aromatic rings. The topological polar surface area (TPSA) is 64.9 Å². The van der Waals surface area contributed by atoms with Crippen LogP contribution in [0.4, 0.5) is 8.78 Å². The number of nitrogens with zero attached hydrogens (tertiary/aromatic N) is 1. The van der Waals surface area contributed by atoms with Gasteiger partial charge >= 0.3 is 0 Å². The summed E-state index contributed by atoms with van der Waals surface area (Å²) in [6, 6.07) is 8.07. The predicted octanol–water partition coefficient (Wildman–Crippen LogP) is 1.91. The molecule has 4 N–H and O–H groups in total. The maximum atomic E-state index is 13.3. The molecule has 0 saturated carbocycles. The third-order valence-corrected chi connectivity index (χ3v) is 3.24. The van der Waals surface area contributed by atoms with Crippen molar-refractivity contribution in [3.8, 4) is 0 Å². The third-order valence-electron chi connectivity index (χ3n) is 3.24. The van der Waals surface area contributed by atoms with Crippen LogP contribution < -0.4 is 11.5 Å². The molecule has 0 bridgehead atoms. The van der Waals surface area contributed by atoms with Gasteiger partial charge in [-0.3, -0.25) is 0 Å². The van der Waals surface area contributed by atoms with Crippen LogP contribution in [0.25, 0.3) is 0 Å². The summed E-state index contributed by atoms with van der Waals surface area (Å²) in [5.41, 5.74) is 12.3. The summed E-state index contributed by atoms with van der Waals surface area (Å²) in [5.74, 6) is -0.994. The van der Waals surface area contributed by atoms with E-state index in [1.807, 2.05) is 0 Å². The molecule has 0 unspecified atom stereocenters. The lowest BCUT2D eigenvalue weighted by atomic mass is 9.79. The lowest BCUT2D eigenvalue weighted by Gasteiger charge is -2.34. The number of hydrogen-bond donors (Lipinski definition) is 2. The van der Waals surface area contributed by atoms with Gasteiger partial charge in [0.1, 0.15) is 5.82 Å². The summed E-state index contributed by atoms with van der Waals surface area (Å²) in [7, 11) is 0. The van der Waals surface area contributed by atoms with Gasteiger partial charge in [-0.05, 0) is 42.3 Å². The highest BCUT2D eigenvalue weighted by Crippen LogP contribution is 2.29. The van der Waals surface area contributed by atoms with Crippen LogP contribution in [0.3, 0.4) is 0 Å². The van der Waals surface area contributed by atoms with Crippen molar-refractivity contribution in [2.45, 2.75) is 18.5 Å². The number of aromatic nitrogens is 1. The number of pyridine rings is 1. The zero-order valence-corrected chi connectivity index (χ0v) is 10.5. The summed E-state index contributed by atoms with van der Waals surface area (Å²) in [6.07, 6.45) is 1.33. The monoisotopic (exact) mass is 263 g/mol. The molecule has 1 aromatic carbocycles. The van der Waals surface area contributed by atoms with Crippen molar-refractivity contribution in [2.24, 2.45) is 11.5 Å². The first kappa shape index (κ1) is 13.6. The number of hydrogen-bond acceptors (Lipinski definition) is 3. The number of benzene rings is 1. The molecule has 0 radical (unpaired) electrons. The zero-order chi connectivity index (χ0) is 14.0. The number of rotatable bonds is 3. The molecule has 0 amide bonds. The molecule has 1 heterocycles. The molecule has 0 fully saturated rings. The van der Waals surface area contributed by atoms with Crippen molar-refractivity contribution in [3.63, 3.8) is 0 Å². The van der Waals surface area contributed by atoms with Crippen LogP contribution in [0.1, 0.15) is 18.1 Å². The van der Waals surface area contributed by atoms with Crippen molar-refractivity contribution in [1.29, 1.82) is 0 Å². The quantitative estimate of drug-likeness (QED) is 0.831. The maximum Gasteiger partial charge on any atom is 0.213 e. The second-order valence-electron chi connectivity index (χ2n) is 4.53. The molecular formula is C14H15F2N3. The average Bonchev–Trinajstić information content (AvgIpc) is 2.38. The number of halogens is 2. The summed E-state index contributed by atoms with van der Waals surface area (Å²) >= 11 is 0. The largest absolute Gasteiger partial charge is 0.326 e. The van der Waals surface area contributed by atoms with Crippen LogP contribution >= 0.6 is 0 Å². The Balaban J connectivity index is 2.58. The predicted molar refractivity (Wildman–Crippen MR) is 69.2 cm³/mol. The van der Waals surface area contributed by atoms with Crippen LogP contribution in [0.5, 0.6) is 0 Å². The van der Waals surface area contributed by atoms with Gasteiger partial charge in [-0.1, -0.05) is 12.1 Å². The van der Waals surface area contributed by atoms with Gasteiger partial charge in [-0.25, -0.2) is 9.37 Å². The molecular weight excluding hydrogens is 248 g/mol. The van der Waals surface area contributed by atoms with Crippen molar-refractivity contribution >= 4 is 0 Å². The molecule has 100 valence electrons. The fourth-order valence-corrected chi connectivity index (χ4v) is 2.08. The Morgan fingerprint density at radius 2 is 1.74 bits per heavy atom. The van der Waals surface area contributed by atoms with E-state index in [0.29, 0.717) is 11.1 Å². The van der Waals surface area contributed by atoms with Crippen LogP contribution in [0, 0.1) is 11.8 Å². The first-order valence-electron chi connectivity index (χ1n) is 5.87. The normalized spacial score (nSPS) is 15.8. The SMILES string of the molecule is C[C@H](N)[C@@](N)(c1ccc(F)cc1)c1ccnc(F)c1. The highest BCUT2D eigenvalue weighted by Gasteiger charge is 2.34. The summed E-state index contributed by atoms with van der Waals surface area (Å²) in [5, 5.41) is 0. The van der Waals surface area contributed by atoms with Gasteiger partial charge in [0, 0.05) is 12.2 Å². The Hall–Kier alpha value is -1.85. The highest BCUT2D eigenvalue weighted by molar-refractivity contribution is 5.39. The van der Waals surface area contributed by atoms with Crippen LogP contribution in [0.2, 0.25) is 0 Å². The lowest BCUT2D eigenvalue weighted by Crippen LogP contribution is -2.51. The highest BCUT2D eigenvalue weighted by atomic mass is 19.1. The van der Waals surface area contributed by atoms with Gasteiger partial charge in [-0.2, -0.15) is 4.39 Å². The van der Waals surface area contributed by atoms with Crippen LogP contribution in [-0.4, -0.2) is 11.0 Å². The molecule has 5 heteroatoms. The molecule has 2 rings (SSSR count). The first-order valence-corrected chi connectivity index (χ1v) is 5.87. The average molecular weight is 263 g/mol. The van der Waals surface area contributed by atoms with E-state index in [1.165, 1.54) is 24.4 Å². The Morgan fingerprint density at radius 3 is 2.26 bits per heavy atom. The molecule has 0 spiro atoms. The minimum Gasteiger partial charge on any atom is -0.326 e. The van der Waals surface area contributed by atoms with Gasteiger partial charge in [0.2, 0.25) is 5.95 Å². The molecule has 2 atom stereocenters. The van der Waals surface area contributed by atoms with Crippen molar-refractivity contribution in [2.75, 3.05) is 0 Å². The van der Waals surface area contributed by atoms with E-state index < -0.39 is 17.5 Å². The molecule has 0 saturated heterocycles. The minimum atomic E-state index is -1.10. The molecule has 0 aliphatic rings. The van der Waals surface area contributed by atoms with Crippen LogP contribution in [0.15, 0.2) is 42.6 Å². The van der Waals surface area contributed by atoms with E-state index in [4.69, 9.17) is 11.5 Å². The minimum absolute atomic E-state index is 0.364. The van der Waals surface area contributed by atoms with E-state index >= 15 is 0 Å². The second kappa shape index (κ2) is 5.03. The molecule has 19 heavy (non-hydrogen) atoms. The summed E-state index contributed by atoms with van der Waals surface area (Å²) < 4.78 is 26.3. The summed E-state index contributed by atoms with van der Waals surface area (Å²) in [4.78, 5) is 3.50. The number of nitrogens with two attached hydrogens (primary N) is 2. The Bertz CT molecular complexity index is 569. The molecule has 3 nitrogen and oxygen atoms in total. The smallest absolute Gasteiger partial charge is 0.213 e. The third kappa shape index (κ3) is 2.47. The van der Waals surface area contributed by atoms with E-state index in [9.17, 15) is 8.78 Å². The fourth-order valence-electron chi connectivity index (χ4n) is 2.08. The van der Waals surface area contributed by atoms with Gasteiger partial charge in [0.05, 0.1) is 5.54 Å². The van der Waals surface area contributed by atoms with Crippen LogP contribution in [-0.2, 0) is 5.54 Å². The molecule has 0 aliphatic heterocycles. The molecule has 1 aromatic heterocycles. The van der Waals surface area contributed by atoms with Crippen molar-refractivity contribution < 1.29 is 8.78 Å². The van der Waals surface area contributed by atoms with E-state index in [1.54, 1.807) is 25.1 Å². The van der Waals surface area contributed by atoms with Gasteiger partial charge in [-0.15, -0.1) is 0 Å². The van der Waals surface area contributed by atoms with Gasteiger partial charge < -0.3 is 11.5 Å². The van der Waals surface area contributed by atoms with E-state index in [0.717, 1.165) is 0 Å².